The smallest absolute Gasteiger partial charge is 0.260 e. The van der Waals surface area contributed by atoms with Gasteiger partial charge in [0.2, 0.25) is 0 Å². The summed E-state index contributed by atoms with van der Waals surface area (Å²) in [7, 11) is -6.27. The quantitative estimate of drug-likeness (QED) is 0.175. The van der Waals surface area contributed by atoms with Crippen LogP contribution in [-0.4, -0.2) is 14.8 Å². The third kappa shape index (κ3) is 4.40. The highest BCUT2D eigenvalue weighted by Gasteiger charge is 2.42. The maximum Gasteiger partial charge on any atom is 0.260 e. The predicted octanol–water partition coefficient (Wildman–Crippen LogP) is 5.77. The van der Waals surface area contributed by atoms with Gasteiger partial charge in [0.1, 0.15) is 23.0 Å². The highest BCUT2D eigenvalue weighted by Crippen LogP contribution is 2.38. The van der Waals surface area contributed by atoms with Gasteiger partial charge in [0.05, 0.1) is 38.4 Å². The Balaban J connectivity index is 1.58. The van der Waals surface area contributed by atoms with Crippen molar-refractivity contribution in [1.82, 2.24) is 0 Å². The summed E-state index contributed by atoms with van der Waals surface area (Å²) in [5.41, 5.74) is -3.64. The number of hydrogen-bond acceptors (Lipinski definition) is 2. The molecule has 0 aliphatic carbocycles. The Morgan fingerprint density at radius 3 is 1.53 bits per heavy atom. The molecule has 0 amide bonds. The van der Waals surface area contributed by atoms with E-state index < -0.39 is 261 Å². The van der Waals surface area contributed by atoms with Crippen LogP contribution in [0.15, 0.2) is 169 Å². The minimum absolute atomic E-state index is 0.402. The molecule has 0 saturated heterocycles. The van der Waals surface area contributed by atoms with Crippen LogP contribution < -0.4 is 46.6 Å². The van der Waals surface area contributed by atoms with Crippen molar-refractivity contribution in [3.8, 4) is 34.1 Å². The normalized spacial score (nSPS) is 21.0. The molecule has 2 aliphatic heterocycles. The van der Waals surface area contributed by atoms with Gasteiger partial charge in [0.25, 0.3) is 6.71 Å². The summed E-state index contributed by atoms with van der Waals surface area (Å²) < 4.78 is 268. The molecule has 0 aromatic heterocycles. The predicted molar refractivity (Wildman–Crippen MR) is 198 cm³/mol. The fraction of sp³-hybridized carbons (Fsp3) is 0.0233. The van der Waals surface area contributed by atoms with Crippen molar-refractivity contribution in [2.75, 3.05) is 0 Å². The van der Waals surface area contributed by atoms with Gasteiger partial charge in [-0.2, -0.15) is 0 Å². The van der Waals surface area contributed by atoms with Gasteiger partial charge >= 0.3 is 0 Å². The van der Waals surface area contributed by atoms with E-state index in [1.165, 1.54) is 0 Å². The molecular formula is C43H31BO2Si. The number of rotatable bonds is 5. The lowest BCUT2D eigenvalue weighted by Gasteiger charge is -2.35. The SMILES string of the molecule is [2H]c1c([2H])c([2H])c([Si](c2c([2H])c([2H])c([2H])c([2H])c2[2H])(c2c([2H])c([2H])c([2H])c(C)c2[2H])c2c([2H])c([2H])c([2H])c(-c3c([2H])c4c5c(c3[2H])Oc3c([2H])c([2H])c([2H])c([2H])c3B5c3c([2H])c([2H])c([2H])c([2H])c3O4)c2[2H])c([2H])c1[2H]. The highest BCUT2D eigenvalue weighted by molar-refractivity contribution is 7.20. The average molecular weight is 647 g/mol. The minimum atomic E-state index is -6.27. The van der Waals surface area contributed by atoms with Crippen LogP contribution in [0.25, 0.3) is 11.1 Å². The summed E-state index contributed by atoms with van der Waals surface area (Å²) in [6, 6.07) is -29.0. The molecule has 47 heavy (non-hydrogen) atoms. The summed E-state index contributed by atoms with van der Waals surface area (Å²) in [5.74, 6) is -2.80. The van der Waals surface area contributed by atoms with Crippen molar-refractivity contribution in [1.29, 1.82) is 0 Å². The zero-order valence-electron chi connectivity index (χ0n) is 51.9. The first-order valence-electron chi connectivity index (χ1n) is 27.9. The van der Waals surface area contributed by atoms with Crippen LogP contribution in [-0.2, 0) is 0 Å². The van der Waals surface area contributed by atoms with Gasteiger partial charge in [-0.05, 0) is 73.9 Å². The molecule has 0 N–H and O–H groups in total. The van der Waals surface area contributed by atoms with Crippen LogP contribution in [0, 0.1) is 6.92 Å². The Morgan fingerprint density at radius 1 is 0.447 bits per heavy atom. The van der Waals surface area contributed by atoms with Gasteiger partial charge in [-0.3, -0.25) is 0 Å². The topological polar surface area (TPSA) is 18.5 Å². The number of hydrogen-bond donors (Lipinski definition) is 0. The van der Waals surface area contributed by atoms with Crippen LogP contribution in [0.2, 0.25) is 0 Å². The third-order valence-corrected chi connectivity index (χ3v) is 11.7. The zero-order chi connectivity index (χ0) is 55.7. The number of benzene rings is 7. The highest BCUT2D eigenvalue weighted by atomic mass is 28.3. The molecule has 0 unspecified atom stereocenters. The van der Waals surface area contributed by atoms with Crippen LogP contribution in [0.3, 0.4) is 0 Å². The van der Waals surface area contributed by atoms with E-state index in [9.17, 15) is 16.4 Å². The third-order valence-electron chi connectivity index (χ3n) is 7.73. The van der Waals surface area contributed by atoms with E-state index in [0.29, 0.717) is 0 Å². The second-order valence-corrected chi connectivity index (χ2v) is 13.8. The lowest BCUT2D eigenvalue weighted by atomic mass is 9.35. The summed E-state index contributed by atoms with van der Waals surface area (Å²) >= 11 is 0. The van der Waals surface area contributed by atoms with Gasteiger partial charge in [0, 0.05) is 5.46 Å². The lowest BCUT2D eigenvalue weighted by molar-refractivity contribution is 0.465. The van der Waals surface area contributed by atoms with Gasteiger partial charge in [-0.1, -0.05) is 151 Å². The van der Waals surface area contributed by atoms with Crippen molar-refractivity contribution in [3.05, 3.63) is 175 Å². The fourth-order valence-electron chi connectivity index (χ4n) is 5.78. The van der Waals surface area contributed by atoms with Gasteiger partial charge in [-0.25, -0.2) is 0 Å². The molecule has 9 rings (SSSR count). The molecule has 0 bridgehead atoms. The summed E-state index contributed by atoms with van der Waals surface area (Å²) in [6.07, 6.45) is 0. The molecular weight excluding hydrogens is 587 g/mol. The second-order valence-electron chi connectivity index (χ2n) is 10.3. The maximum absolute atomic E-state index is 10.3. The maximum atomic E-state index is 10.3. The molecule has 2 nitrogen and oxygen atoms in total. The van der Waals surface area contributed by atoms with Crippen LogP contribution in [0.4, 0.5) is 0 Å². The standard InChI is InChI=1S/C43H31BO2Si/c1-30-14-12-20-35(26-30)47(33-16-4-2-5-17-33,34-18-6-3-7-19-34)36-21-13-15-31(27-36)32-28-41-43-42(29-32)46-40-25-11-9-23-38(40)44(43)37-22-8-10-24-39(37)45-41/h2-29H,1H3/i2D,3D,4D,5D,6D,7D,8D,9D,10D,11D,12D,13D,14D,15D,16D,17D,18D,19D,20D,21D,22D,23D,24D,25D,26D,27D,28D,29D. The molecule has 222 valence electrons. The van der Waals surface area contributed by atoms with Gasteiger partial charge < -0.3 is 9.47 Å². The molecule has 7 aromatic rings. The number of fused-ring (bicyclic) bond motifs is 4. The monoisotopic (exact) mass is 646 g/mol. The minimum Gasteiger partial charge on any atom is -0.458 e. The average Bonchev–Trinajstić information content (AvgIpc) is 3.40. The first kappa shape index (κ1) is 11.3. The molecule has 0 atom stereocenters. The van der Waals surface area contributed by atoms with Crippen molar-refractivity contribution >= 4 is 51.9 Å². The Hall–Kier alpha value is -5.58. The molecule has 7 aromatic carbocycles. The summed E-state index contributed by atoms with van der Waals surface area (Å²) in [6.45, 7) is -0.591. The van der Waals surface area contributed by atoms with Crippen molar-refractivity contribution in [3.63, 3.8) is 0 Å². The first-order chi connectivity index (χ1) is 34.9. The molecule has 4 heteroatoms. The zero-order valence-corrected chi connectivity index (χ0v) is 24.9. The van der Waals surface area contributed by atoms with Crippen molar-refractivity contribution in [2.45, 2.75) is 6.92 Å². The van der Waals surface area contributed by atoms with Crippen LogP contribution in [0.5, 0.6) is 23.0 Å². The van der Waals surface area contributed by atoms with Crippen LogP contribution >= 0.6 is 0 Å². The summed E-state index contributed by atoms with van der Waals surface area (Å²) in [5, 5.41) is -4.23. The summed E-state index contributed by atoms with van der Waals surface area (Å²) in [4.78, 5) is 0. The molecule has 0 radical (unpaired) electrons. The fourth-order valence-corrected chi connectivity index (χ4v) is 9.46. The lowest BCUT2D eigenvalue weighted by Crippen LogP contribution is -2.74. The Kier molecular flexibility index (Phi) is 2.65. The van der Waals surface area contributed by atoms with Gasteiger partial charge in [-0.15, -0.1) is 0 Å². The molecule has 0 spiro atoms. The van der Waals surface area contributed by atoms with Crippen molar-refractivity contribution in [2.24, 2.45) is 0 Å². The van der Waals surface area contributed by atoms with E-state index in [4.69, 9.17) is 31.4 Å². The van der Waals surface area contributed by atoms with E-state index in [2.05, 4.69) is 0 Å². The Bertz CT molecular complexity index is 3510. The molecule has 2 heterocycles. The number of para-hydroxylation sites is 2. The second kappa shape index (κ2) is 11.0. The number of ether oxygens (including phenoxy) is 2. The van der Waals surface area contributed by atoms with Crippen molar-refractivity contribution < 1.29 is 47.9 Å². The van der Waals surface area contributed by atoms with E-state index in [0.717, 1.165) is 6.92 Å². The Labute approximate surface area is 316 Å². The van der Waals surface area contributed by atoms with E-state index in [-0.39, 0.29) is 0 Å². The van der Waals surface area contributed by atoms with E-state index >= 15 is 0 Å². The van der Waals surface area contributed by atoms with Gasteiger partial charge in [0.15, 0.2) is 8.07 Å². The van der Waals surface area contributed by atoms with E-state index in [1.54, 1.807) is 0 Å². The Morgan fingerprint density at radius 2 is 0.936 bits per heavy atom. The largest absolute Gasteiger partial charge is 0.458 e. The molecule has 0 saturated carbocycles. The molecule has 0 fully saturated rings. The molecule has 2 aliphatic rings. The van der Waals surface area contributed by atoms with Crippen LogP contribution in [0.1, 0.15) is 43.9 Å². The first-order valence-corrected chi connectivity index (χ1v) is 15.9. The van der Waals surface area contributed by atoms with E-state index in [1.807, 2.05) is 0 Å².